The molecule has 1 aromatic heterocycles. The zero-order valence-electron chi connectivity index (χ0n) is 11.9. The van der Waals surface area contributed by atoms with E-state index < -0.39 is 0 Å². The first-order valence-corrected chi connectivity index (χ1v) is 8.70. The average Bonchev–Trinajstić information content (AvgIpc) is 3.11. The highest BCUT2D eigenvalue weighted by atomic mass is 32.1. The van der Waals surface area contributed by atoms with Crippen LogP contribution in [-0.4, -0.2) is 23.5 Å². The Bertz CT molecular complexity index is 381. The van der Waals surface area contributed by atoms with Crippen LogP contribution in [0.3, 0.4) is 0 Å². The fourth-order valence-electron chi connectivity index (χ4n) is 4.19. The highest BCUT2D eigenvalue weighted by Crippen LogP contribution is 2.40. The molecule has 106 valence electrons. The summed E-state index contributed by atoms with van der Waals surface area (Å²) < 4.78 is 0. The van der Waals surface area contributed by atoms with Gasteiger partial charge in [-0.25, -0.2) is 0 Å². The van der Waals surface area contributed by atoms with Crippen molar-refractivity contribution in [1.29, 1.82) is 0 Å². The van der Waals surface area contributed by atoms with Gasteiger partial charge in [-0.1, -0.05) is 18.9 Å². The number of thiophene rings is 1. The van der Waals surface area contributed by atoms with Crippen LogP contribution in [0, 0.1) is 5.92 Å². The Balaban J connectivity index is 1.80. The van der Waals surface area contributed by atoms with Crippen molar-refractivity contribution in [3.05, 3.63) is 22.4 Å². The van der Waals surface area contributed by atoms with E-state index in [0.29, 0.717) is 6.04 Å². The first-order valence-electron chi connectivity index (χ1n) is 7.82. The van der Waals surface area contributed by atoms with Crippen molar-refractivity contribution in [2.75, 3.05) is 6.54 Å². The summed E-state index contributed by atoms with van der Waals surface area (Å²) >= 11 is 1.87. The van der Waals surface area contributed by atoms with E-state index in [-0.39, 0.29) is 6.04 Å². The van der Waals surface area contributed by atoms with E-state index in [9.17, 15) is 0 Å². The van der Waals surface area contributed by atoms with Crippen molar-refractivity contribution < 1.29 is 0 Å². The second-order valence-electron chi connectivity index (χ2n) is 6.31. The smallest absolute Gasteiger partial charge is 0.0593 e. The van der Waals surface area contributed by atoms with Crippen molar-refractivity contribution in [2.45, 2.75) is 63.6 Å². The molecule has 0 spiro atoms. The van der Waals surface area contributed by atoms with Crippen molar-refractivity contribution in [3.8, 4) is 0 Å². The summed E-state index contributed by atoms with van der Waals surface area (Å²) in [4.78, 5) is 4.20. The molecule has 0 bridgehead atoms. The molecule has 1 aliphatic carbocycles. The average molecular weight is 278 g/mol. The molecule has 2 aliphatic rings. The topological polar surface area (TPSA) is 29.3 Å². The van der Waals surface area contributed by atoms with Gasteiger partial charge in [0.05, 0.1) is 6.04 Å². The van der Waals surface area contributed by atoms with Crippen molar-refractivity contribution in [1.82, 2.24) is 4.90 Å². The molecule has 3 rings (SSSR count). The fraction of sp³-hybridized carbons (Fsp3) is 0.750. The van der Waals surface area contributed by atoms with E-state index in [1.54, 1.807) is 0 Å². The molecule has 1 aliphatic heterocycles. The monoisotopic (exact) mass is 278 g/mol. The molecule has 0 amide bonds. The molecule has 2 N–H and O–H groups in total. The zero-order valence-corrected chi connectivity index (χ0v) is 12.7. The van der Waals surface area contributed by atoms with Crippen LogP contribution >= 0.6 is 11.3 Å². The van der Waals surface area contributed by atoms with Gasteiger partial charge in [-0.05, 0) is 56.5 Å². The van der Waals surface area contributed by atoms with Crippen LogP contribution in [0.4, 0.5) is 0 Å². The summed E-state index contributed by atoms with van der Waals surface area (Å²) in [6, 6.07) is 5.88. The molecule has 2 fully saturated rings. The molecule has 1 saturated heterocycles. The number of nitrogens with zero attached hydrogens (tertiary/aromatic N) is 1. The van der Waals surface area contributed by atoms with E-state index in [2.05, 4.69) is 29.3 Å². The maximum atomic E-state index is 6.33. The van der Waals surface area contributed by atoms with Gasteiger partial charge in [-0.2, -0.15) is 0 Å². The molecule has 0 radical (unpaired) electrons. The molecule has 2 heterocycles. The van der Waals surface area contributed by atoms with E-state index in [1.807, 2.05) is 11.3 Å². The van der Waals surface area contributed by atoms with E-state index in [4.69, 9.17) is 5.73 Å². The van der Waals surface area contributed by atoms with Gasteiger partial charge in [0.25, 0.3) is 0 Å². The summed E-state index contributed by atoms with van der Waals surface area (Å²) in [7, 11) is 0. The SMILES string of the molecule is CC(N)C(c1cccs1)N1CCCC1C1CCCC1. The predicted octanol–water partition coefficient (Wildman–Crippen LogP) is 3.79. The second-order valence-corrected chi connectivity index (χ2v) is 7.29. The van der Waals surface area contributed by atoms with Gasteiger partial charge in [-0.15, -0.1) is 11.3 Å². The predicted molar refractivity (Wildman–Crippen MR) is 82.4 cm³/mol. The maximum absolute atomic E-state index is 6.33. The molecule has 19 heavy (non-hydrogen) atoms. The van der Waals surface area contributed by atoms with Crippen LogP contribution in [0.15, 0.2) is 17.5 Å². The van der Waals surface area contributed by atoms with Crippen molar-refractivity contribution >= 4 is 11.3 Å². The zero-order chi connectivity index (χ0) is 13.2. The summed E-state index contributed by atoms with van der Waals surface area (Å²) in [5.41, 5.74) is 6.33. The molecule has 3 atom stereocenters. The van der Waals surface area contributed by atoms with Crippen LogP contribution in [0.1, 0.15) is 56.4 Å². The maximum Gasteiger partial charge on any atom is 0.0593 e. The first-order chi connectivity index (χ1) is 9.27. The Labute approximate surface area is 121 Å². The van der Waals surface area contributed by atoms with Crippen molar-refractivity contribution in [3.63, 3.8) is 0 Å². The lowest BCUT2D eigenvalue weighted by molar-refractivity contribution is 0.122. The van der Waals surface area contributed by atoms with E-state index in [0.717, 1.165) is 12.0 Å². The van der Waals surface area contributed by atoms with Crippen LogP contribution in [-0.2, 0) is 0 Å². The third kappa shape index (κ3) is 2.74. The lowest BCUT2D eigenvalue weighted by Crippen LogP contribution is -2.44. The largest absolute Gasteiger partial charge is 0.326 e. The Kier molecular flexibility index (Phi) is 4.25. The van der Waals surface area contributed by atoms with Gasteiger partial charge in [0.1, 0.15) is 0 Å². The Morgan fingerprint density at radius 1 is 1.26 bits per heavy atom. The number of hydrogen-bond acceptors (Lipinski definition) is 3. The van der Waals surface area contributed by atoms with Crippen molar-refractivity contribution in [2.24, 2.45) is 11.7 Å². The summed E-state index contributed by atoms with van der Waals surface area (Å²) in [6.45, 7) is 3.42. The molecule has 3 unspecified atom stereocenters. The quantitative estimate of drug-likeness (QED) is 0.908. The second kappa shape index (κ2) is 5.94. The third-order valence-corrected chi connectivity index (χ3v) is 5.92. The van der Waals surface area contributed by atoms with E-state index >= 15 is 0 Å². The number of rotatable bonds is 4. The summed E-state index contributed by atoms with van der Waals surface area (Å²) in [5.74, 6) is 0.934. The molecule has 1 saturated carbocycles. The third-order valence-electron chi connectivity index (χ3n) is 4.98. The molecular weight excluding hydrogens is 252 g/mol. The number of nitrogens with two attached hydrogens (primary N) is 1. The minimum absolute atomic E-state index is 0.223. The lowest BCUT2D eigenvalue weighted by atomic mass is 9.94. The summed E-state index contributed by atoms with van der Waals surface area (Å²) in [6.07, 6.45) is 8.51. The fourth-order valence-corrected chi connectivity index (χ4v) is 5.15. The standard InChI is InChI=1S/C16H26N2S/c1-12(17)16(15-9-5-11-19-15)18-10-4-8-14(18)13-6-2-3-7-13/h5,9,11-14,16H,2-4,6-8,10,17H2,1H3. The van der Waals surface area contributed by atoms with Gasteiger partial charge >= 0.3 is 0 Å². The highest BCUT2D eigenvalue weighted by molar-refractivity contribution is 7.10. The van der Waals surface area contributed by atoms with Gasteiger partial charge in [-0.3, -0.25) is 4.90 Å². The number of hydrogen-bond donors (Lipinski definition) is 1. The van der Waals surface area contributed by atoms with Crippen LogP contribution < -0.4 is 5.73 Å². The molecule has 2 nitrogen and oxygen atoms in total. The molecule has 3 heteroatoms. The highest BCUT2D eigenvalue weighted by Gasteiger charge is 2.38. The summed E-state index contributed by atoms with van der Waals surface area (Å²) in [5, 5.41) is 2.19. The Hall–Kier alpha value is -0.380. The van der Waals surface area contributed by atoms with E-state index in [1.165, 1.54) is 49.9 Å². The van der Waals surface area contributed by atoms with Gasteiger partial charge in [0, 0.05) is 17.0 Å². The molecular formula is C16H26N2S. The normalized spacial score (nSPS) is 28.8. The Morgan fingerprint density at radius 3 is 2.68 bits per heavy atom. The molecule has 1 aromatic rings. The number of likely N-dealkylation sites (tertiary alicyclic amines) is 1. The van der Waals surface area contributed by atoms with Crippen LogP contribution in [0.5, 0.6) is 0 Å². The van der Waals surface area contributed by atoms with Crippen LogP contribution in [0.2, 0.25) is 0 Å². The minimum atomic E-state index is 0.223. The Morgan fingerprint density at radius 2 is 2.05 bits per heavy atom. The van der Waals surface area contributed by atoms with Gasteiger partial charge in [0.15, 0.2) is 0 Å². The lowest BCUT2D eigenvalue weighted by Gasteiger charge is -2.37. The molecule has 0 aromatic carbocycles. The van der Waals surface area contributed by atoms with Crippen LogP contribution in [0.25, 0.3) is 0 Å². The van der Waals surface area contributed by atoms with Gasteiger partial charge < -0.3 is 5.73 Å². The minimum Gasteiger partial charge on any atom is -0.326 e. The van der Waals surface area contributed by atoms with Gasteiger partial charge in [0.2, 0.25) is 0 Å². The first kappa shape index (κ1) is 13.6.